The minimum Gasteiger partial charge on any atom is -0.396 e. The van der Waals surface area contributed by atoms with Gasteiger partial charge in [-0.1, -0.05) is 17.7 Å². The summed E-state index contributed by atoms with van der Waals surface area (Å²) in [6, 6.07) is 11.3. The first-order valence-electron chi connectivity index (χ1n) is 7.82. The van der Waals surface area contributed by atoms with Gasteiger partial charge >= 0.3 is 0 Å². The Morgan fingerprint density at radius 2 is 2.00 bits per heavy atom. The molecule has 0 aliphatic carbocycles. The highest BCUT2D eigenvalue weighted by atomic mass is 32.2. The maximum absolute atomic E-state index is 12.2. The zero-order valence-electron chi connectivity index (χ0n) is 14.0. The molecule has 1 unspecified atom stereocenters. The van der Waals surface area contributed by atoms with Gasteiger partial charge in [0.1, 0.15) is 5.82 Å². The van der Waals surface area contributed by atoms with Gasteiger partial charge < -0.3 is 15.7 Å². The number of aliphatic hydroxyl groups excluding tert-OH is 1. The lowest BCUT2D eigenvalue weighted by Crippen LogP contribution is -2.24. The number of carbonyl (C=O) groups excluding carboxylic acids is 1. The summed E-state index contributed by atoms with van der Waals surface area (Å²) in [5.41, 5.74) is 2.41. The van der Waals surface area contributed by atoms with Crippen molar-refractivity contribution in [2.45, 2.75) is 19.4 Å². The number of aryl methyl sites for hydroxylation is 1. The molecule has 0 saturated heterocycles. The van der Waals surface area contributed by atoms with E-state index in [1.165, 1.54) is 0 Å². The Bertz CT molecular complexity index is 638. The van der Waals surface area contributed by atoms with Crippen LogP contribution in [-0.2, 0) is 0 Å². The van der Waals surface area contributed by atoms with E-state index in [9.17, 15) is 4.79 Å². The molecule has 0 saturated carbocycles. The fourth-order valence-electron chi connectivity index (χ4n) is 2.22. The maximum Gasteiger partial charge on any atom is 0.257 e. The molecule has 5 nitrogen and oxygen atoms in total. The zero-order chi connectivity index (χ0) is 17.4. The van der Waals surface area contributed by atoms with Gasteiger partial charge in [-0.05, 0) is 43.9 Å². The molecule has 0 aliphatic rings. The third-order valence-electron chi connectivity index (χ3n) is 3.53. The minimum atomic E-state index is -0.186. The van der Waals surface area contributed by atoms with Gasteiger partial charge in [-0.25, -0.2) is 4.98 Å². The number of aromatic nitrogens is 1. The molecular weight excluding hydrogens is 322 g/mol. The number of amides is 1. The number of pyridine rings is 1. The van der Waals surface area contributed by atoms with Gasteiger partial charge in [0.05, 0.1) is 5.56 Å². The van der Waals surface area contributed by atoms with Crippen LogP contribution in [0.25, 0.3) is 0 Å². The SMILES string of the molecule is CSCC(CCO)Nc1ccc(C(=O)Nc2ccc(C)cc2)cn1. The van der Waals surface area contributed by atoms with Crippen molar-refractivity contribution in [3.8, 4) is 0 Å². The van der Waals surface area contributed by atoms with Crippen molar-refractivity contribution in [1.82, 2.24) is 4.98 Å². The molecule has 1 heterocycles. The third kappa shape index (κ3) is 5.54. The number of carbonyl (C=O) groups is 1. The average Bonchev–Trinajstić information content (AvgIpc) is 2.58. The smallest absolute Gasteiger partial charge is 0.257 e. The molecule has 0 spiro atoms. The third-order valence-corrected chi connectivity index (χ3v) is 4.27. The highest BCUT2D eigenvalue weighted by molar-refractivity contribution is 7.98. The lowest BCUT2D eigenvalue weighted by atomic mass is 10.2. The van der Waals surface area contributed by atoms with E-state index in [4.69, 9.17) is 5.11 Å². The van der Waals surface area contributed by atoms with E-state index in [0.717, 1.165) is 17.0 Å². The van der Waals surface area contributed by atoms with E-state index in [1.807, 2.05) is 37.4 Å². The predicted octanol–water partition coefficient (Wildman–Crippen LogP) is 3.17. The molecule has 1 amide bonds. The van der Waals surface area contributed by atoms with Crippen LogP contribution in [-0.4, -0.2) is 40.7 Å². The van der Waals surface area contributed by atoms with E-state index in [-0.39, 0.29) is 18.6 Å². The van der Waals surface area contributed by atoms with Crippen LogP contribution in [0.15, 0.2) is 42.6 Å². The molecule has 24 heavy (non-hydrogen) atoms. The van der Waals surface area contributed by atoms with E-state index in [1.54, 1.807) is 30.1 Å². The topological polar surface area (TPSA) is 74.2 Å². The van der Waals surface area contributed by atoms with Gasteiger partial charge in [-0.15, -0.1) is 0 Å². The van der Waals surface area contributed by atoms with E-state index >= 15 is 0 Å². The number of anilines is 2. The van der Waals surface area contributed by atoms with E-state index in [2.05, 4.69) is 15.6 Å². The summed E-state index contributed by atoms with van der Waals surface area (Å²) < 4.78 is 0. The molecule has 1 aromatic heterocycles. The Morgan fingerprint density at radius 1 is 1.25 bits per heavy atom. The monoisotopic (exact) mass is 345 g/mol. The quantitative estimate of drug-likeness (QED) is 0.685. The predicted molar refractivity (Wildman–Crippen MR) is 101 cm³/mol. The number of rotatable bonds is 8. The van der Waals surface area contributed by atoms with Crippen molar-refractivity contribution >= 4 is 29.2 Å². The van der Waals surface area contributed by atoms with Crippen molar-refractivity contribution in [2.24, 2.45) is 0 Å². The Hall–Kier alpha value is -2.05. The second kappa shape index (κ2) is 9.30. The summed E-state index contributed by atoms with van der Waals surface area (Å²) in [5, 5.41) is 15.2. The van der Waals surface area contributed by atoms with Crippen LogP contribution < -0.4 is 10.6 Å². The average molecular weight is 345 g/mol. The molecule has 2 rings (SSSR count). The Labute approximate surface area is 146 Å². The van der Waals surface area contributed by atoms with E-state index in [0.29, 0.717) is 17.8 Å². The highest BCUT2D eigenvalue weighted by Crippen LogP contribution is 2.13. The number of nitrogens with one attached hydrogen (secondary N) is 2. The summed E-state index contributed by atoms with van der Waals surface area (Å²) in [5.74, 6) is 1.40. The summed E-state index contributed by atoms with van der Waals surface area (Å²) in [4.78, 5) is 16.5. The van der Waals surface area contributed by atoms with Crippen molar-refractivity contribution in [3.63, 3.8) is 0 Å². The fourth-order valence-corrected chi connectivity index (χ4v) is 2.87. The number of thioether (sulfide) groups is 1. The van der Waals surface area contributed by atoms with Gasteiger partial charge in [-0.2, -0.15) is 11.8 Å². The normalized spacial score (nSPS) is 11.8. The first-order valence-corrected chi connectivity index (χ1v) is 9.22. The van der Waals surface area contributed by atoms with Crippen LogP contribution in [0, 0.1) is 6.92 Å². The van der Waals surface area contributed by atoms with Crippen LogP contribution in [0.5, 0.6) is 0 Å². The molecule has 3 N–H and O–H groups in total. The fraction of sp³-hybridized carbons (Fsp3) is 0.333. The molecule has 1 atom stereocenters. The Balaban J connectivity index is 1.97. The van der Waals surface area contributed by atoms with Gasteiger partial charge in [0.25, 0.3) is 5.91 Å². The van der Waals surface area contributed by atoms with Crippen LogP contribution >= 0.6 is 11.8 Å². The van der Waals surface area contributed by atoms with Crippen LogP contribution in [0.4, 0.5) is 11.5 Å². The summed E-state index contributed by atoms with van der Waals surface area (Å²) in [6.07, 6.45) is 4.25. The molecule has 0 aliphatic heterocycles. The van der Waals surface area contributed by atoms with Crippen molar-refractivity contribution in [2.75, 3.05) is 29.2 Å². The summed E-state index contributed by atoms with van der Waals surface area (Å²) >= 11 is 1.71. The molecule has 2 aromatic rings. The standard InChI is InChI=1S/C18H23N3O2S/c1-13-3-6-15(7-4-13)21-18(23)14-5-8-17(19-11-14)20-16(9-10-22)12-24-2/h3-8,11,16,22H,9-10,12H2,1-2H3,(H,19,20)(H,21,23). The Morgan fingerprint density at radius 3 is 2.58 bits per heavy atom. The number of benzene rings is 1. The minimum absolute atomic E-state index is 0.134. The molecular formula is C18H23N3O2S. The number of hydrogen-bond donors (Lipinski definition) is 3. The van der Waals surface area contributed by atoms with Gasteiger partial charge in [-0.3, -0.25) is 4.79 Å². The molecule has 0 fully saturated rings. The Kier molecular flexibility index (Phi) is 7.08. The maximum atomic E-state index is 12.2. The molecule has 0 radical (unpaired) electrons. The largest absolute Gasteiger partial charge is 0.396 e. The molecule has 1 aromatic carbocycles. The lowest BCUT2D eigenvalue weighted by molar-refractivity contribution is 0.102. The van der Waals surface area contributed by atoms with Crippen LogP contribution in [0.3, 0.4) is 0 Å². The van der Waals surface area contributed by atoms with Crippen molar-refractivity contribution in [3.05, 3.63) is 53.7 Å². The first kappa shape index (κ1) is 18.3. The lowest BCUT2D eigenvalue weighted by Gasteiger charge is -2.17. The second-order valence-corrected chi connectivity index (χ2v) is 6.47. The van der Waals surface area contributed by atoms with Crippen molar-refractivity contribution < 1.29 is 9.90 Å². The number of nitrogens with zero attached hydrogens (tertiary/aromatic N) is 1. The summed E-state index contributed by atoms with van der Waals surface area (Å²) in [6.45, 7) is 2.14. The van der Waals surface area contributed by atoms with Gasteiger partial charge in [0.2, 0.25) is 0 Å². The first-order chi connectivity index (χ1) is 11.6. The number of hydrogen-bond acceptors (Lipinski definition) is 5. The number of aliphatic hydroxyl groups is 1. The molecule has 6 heteroatoms. The zero-order valence-corrected chi connectivity index (χ0v) is 14.8. The second-order valence-electron chi connectivity index (χ2n) is 5.56. The van der Waals surface area contributed by atoms with Gasteiger partial charge in [0, 0.05) is 30.3 Å². The highest BCUT2D eigenvalue weighted by Gasteiger charge is 2.10. The molecule has 0 bridgehead atoms. The van der Waals surface area contributed by atoms with Gasteiger partial charge in [0.15, 0.2) is 0 Å². The molecule has 128 valence electrons. The van der Waals surface area contributed by atoms with Crippen LogP contribution in [0.1, 0.15) is 22.3 Å². The summed E-state index contributed by atoms with van der Waals surface area (Å²) in [7, 11) is 0. The van der Waals surface area contributed by atoms with Crippen molar-refractivity contribution in [1.29, 1.82) is 0 Å². The van der Waals surface area contributed by atoms with Crippen LogP contribution in [0.2, 0.25) is 0 Å². The van der Waals surface area contributed by atoms with E-state index < -0.39 is 0 Å².